The molecule has 0 spiro atoms. The van der Waals surface area contributed by atoms with Gasteiger partial charge in [0.25, 0.3) is 0 Å². The van der Waals surface area contributed by atoms with Gasteiger partial charge in [-0.15, -0.1) is 0 Å². The van der Waals surface area contributed by atoms with Crippen molar-refractivity contribution in [1.29, 1.82) is 0 Å². The van der Waals surface area contributed by atoms with Gasteiger partial charge in [0.2, 0.25) is 0 Å². The first kappa shape index (κ1) is 8.76. The summed E-state index contributed by atoms with van der Waals surface area (Å²) in [5.74, 6) is 1.88. The Bertz CT molecular complexity index is 161. The van der Waals surface area contributed by atoms with Crippen molar-refractivity contribution in [2.45, 2.75) is 25.3 Å². The summed E-state index contributed by atoms with van der Waals surface area (Å²) in [6.45, 7) is 2.52. The molecule has 0 aromatic heterocycles. The van der Waals surface area contributed by atoms with Gasteiger partial charge < -0.3 is 0 Å². The second-order valence-corrected chi connectivity index (χ2v) is 9.01. The van der Waals surface area contributed by atoms with Crippen LogP contribution in [0.1, 0.15) is 13.3 Å². The number of rotatable bonds is 1. The zero-order chi connectivity index (χ0) is 7.61. The van der Waals surface area contributed by atoms with Crippen LogP contribution in [0.25, 0.3) is 0 Å². The van der Waals surface area contributed by atoms with Gasteiger partial charge in [0.05, 0.1) is 0 Å². The molecule has 1 heterocycles. The molecule has 1 aliphatic rings. The maximum atomic E-state index is 11.4. The average Bonchev–Trinajstić information content (AvgIpc) is 1.88. The minimum absolute atomic E-state index is 0.0261. The van der Waals surface area contributed by atoms with Crippen molar-refractivity contribution in [3.05, 3.63) is 0 Å². The van der Waals surface area contributed by atoms with Crippen LogP contribution in [0.2, 0.25) is 5.82 Å². The topological polar surface area (TPSA) is 35.5 Å². The van der Waals surface area contributed by atoms with E-state index in [0.717, 1.165) is 6.42 Å². The third kappa shape index (κ3) is 2.08. The molecule has 10 heavy (non-hydrogen) atoms. The minimum atomic E-state index is -2.59. The van der Waals surface area contributed by atoms with Gasteiger partial charge in [-0.2, -0.15) is 0 Å². The second kappa shape index (κ2) is 3.38. The Balaban J connectivity index is 2.54. The van der Waals surface area contributed by atoms with E-state index in [-0.39, 0.29) is 20.6 Å². The van der Waals surface area contributed by atoms with Crippen LogP contribution < -0.4 is 0 Å². The maximum absolute atomic E-state index is 11.4. The van der Waals surface area contributed by atoms with E-state index >= 15 is 0 Å². The summed E-state index contributed by atoms with van der Waals surface area (Å²) in [5, 5.41) is 0. The second-order valence-electron chi connectivity index (χ2n) is 2.17. The van der Waals surface area contributed by atoms with Gasteiger partial charge in [-0.05, 0) is 0 Å². The van der Waals surface area contributed by atoms with Crippen molar-refractivity contribution in [2.75, 3.05) is 6.61 Å². The van der Waals surface area contributed by atoms with Crippen LogP contribution in [0.5, 0.6) is 0 Å². The molecule has 2 atom stereocenters. The van der Waals surface area contributed by atoms with Crippen molar-refractivity contribution in [2.24, 2.45) is 0 Å². The molecular weight excluding hydrogens is 218 g/mol. The fourth-order valence-electron chi connectivity index (χ4n) is 0.730. The van der Waals surface area contributed by atoms with Gasteiger partial charge in [0, 0.05) is 0 Å². The molecule has 0 aromatic carbocycles. The molecule has 0 aliphatic carbocycles. The van der Waals surface area contributed by atoms with Gasteiger partial charge in [-0.3, -0.25) is 0 Å². The van der Waals surface area contributed by atoms with Crippen LogP contribution in [0.15, 0.2) is 0 Å². The molecule has 1 fully saturated rings. The van der Waals surface area contributed by atoms with E-state index in [4.69, 9.17) is 9.05 Å². The molecule has 0 bridgehead atoms. The Labute approximate surface area is 66.8 Å². The first-order valence-electron chi connectivity index (χ1n) is 3.15. The summed E-state index contributed by atoms with van der Waals surface area (Å²) in [7, 11) is 0. The monoisotopic (exact) mass is 230 g/mol. The predicted octanol–water partition coefficient (Wildman–Crippen LogP) is 1.67. The Hall–Kier alpha value is 0.669. The van der Waals surface area contributed by atoms with E-state index < -0.39 is 6.29 Å². The van der Waals surface area contributed by atoms with E-state index in [9.17, 15) is 4.57 Å². The SMILES string of the molecule is C[Se][P@]1(=O)OCC[C@H](C)O1. The standard InChI is InChI=1S/C5H11O3PSe/c1-5-3-4-7-9(6,8-5)10-2/h5H,3-4H2,1-2H3/t5-,9+/m0/s1. The van der Waals surface area contributed by atoms with Gasteiger partial charge >= 0.3 is 66.3 Å². The van der Waals surface area contributed by atoms with Crippen LogP contribution in [0.4, 0.5) is 0 Å². The molecule has 5 heteroatoms. The predicted molar refractivity (Wildman–Crippen MR) is 40.3 cm³/mol. The average molecular weight is 229 g/mol. The van der Waals surface area contributed by atoms with Crippen molar-refractivity contribution < 1.29 is 13.6 Å². The van der Waals surface area contributed by atoms with Crippen LogP contribution in [0, 0.1) is 0 Å². The summed E-state index contributed by atoms with van der Waals surface area (Å²) in [5.41, 5.74) is 0. The van der Waals surface area contributed by atoms with Crippen molar-refractivity contribution in [3.8, 4) is 0 Å². The fraction of sp³-hybridized carbons (Fsp3) is 1.00. The number of hydrogen-bond acceptors (Lipinski definition) is 3. The molecule has 0 unspecified atom stereocenters. The van der Waals surface area contributed by atoms with E-state index in [1.165, 1.54) is 0 Å². The van der Waals surface area contributed by atoms with Crippen LogP contribution in [0.3, 0.4) is 0 Å². The summed E-state index contributed by atoms with van der Waals surface area (Å²) in [4.78, 5) is 0. The summed E-state index contributed by atoms with van der Waals surface area (Å²) >= 11 is -0.0261. The summed E-state index contributed by atoms with van der Waals surface area (Å²) in [6.07, 6.45) is -1.61. The van der Waals surface area contributed by atoms with E-state index in [2.05, 4.69) is 0 Å². The van der Waals surface area contributed by atoms with Crippen LogP contribution >= 0.6 is 6.29 Å². The molecule has 60 valence electrons. The molecule has 3 nitrogen and oxygen atoms in total. The fourth-order valence-corrected chi connectivity index (χ4v) is 4.46. The summed E-state index contributed by atoms with van der Waals surface area (Å²) in [6, 6.07) is 0. The zero-order valence-electron chi connectivity index (χ0n) is 6.07. The normalized spacial score (nSPS) is 41.6. The molecule has 1 saturated heterocycles. The Kier molecular flexibility index (Phi) is 2.96. The number of hydrogen-bond donors (Lipinski definition) is 0. The first-order chi connectivity index (χ1) is 4.66. The molecule has 1 aliphatic heterocycles. The van der Waals surface area contributed by atoms with Gasteiger partial charge in [0.1, 0.15) is 0 Å². The molecule has 1 rings (SSSR count). The molecule has 0 saturated carbocycles. The molecule has 0 radical (unpaired) electrons. The van der Waals surface area contributed by atoms with Crippen molar-refractivity contribution >= 4 is 20.8 Å². The zero-order valence-corrected chi connectivity index (χ0v) is 8.68. The van der Waals surface area contributed by atoms with E-state index in [1.807, 2.05) is 12.7 Å². The van der Waals surface area contributed by atoms with E-state index in [0.29, 0.717) is 6.61 Å². The van der Waals surface area contributed by atoms with E-state index in [1.54, 1.807) is 0 Å². The first-order valence-corrected chi connectivity index (χ1v) is 8.62. The van der Waals surface area contributed by atoms with Crippen molar-refractivity contribution in [1.82, 2.24) is 0 Å². The third-order valence-corrected chi connectivity index (χ3v) is 6.89. The Morgan fingerprint density at radius 1 is 1.70 bits per heavy atom. The third-order valence-electron chi connectivity index (χ3n) is 1.31. The Morgan fingerprint density at radius 2 is 2.40 bits per heavy atom. The quantitative estimate of drug-likeness (QED) is 0.506. The molecule has 0 N–H and O–H groups in total. The molecule has 0 aromatic rings. The van der Waals surface area contributed by atoms with Crippen molar-refractivity contribution in [3.63, 3.8) is 0 Å². The van der Waals surface area contributed by atoms with Gasteiger partial charge in [0.15, 0.2) is 0 Å². The van der Waals surface area contributed by atoms with Gasteiger partial charge in [-0.1, -0.05) is 0 Å². The molecule has 0 amide bonds. The van der Waals surface area contributed by atoms with Crippen LogP contribution in [-0.4, -0.2) is 27.2 Å². The van der Waals surface area contributed by atoms with Gasteiger partial charge in [-0.25, -0.2) is 0 Å². The Morgan fingerprint density at radius 3 is 2.80 bits per heavy atom. The van der Waals surface area contributed by atoms with Crippen LogP contribution in [-0.2, 0) is 13.6 Å². The summed E-state index contributed by atoms with van der Waals surface area (Å²) < 4.78 is 21.6. The molecular formula is C5H11O3PSe.